The molecule has 0 aliphatic heterocycles. The first-order valence-electron chi connectivity index (χ1n) is 4.17. The van der Waals surface area contributed by atoms with Gasteiger partial charge in [-0.05, 0) is 12.1 Å². The van der Waals surface area contributed by atoms with E-state index in [9.17, 15) is 8.78 Å². The lowest BCUT2D eigenvalue weighted by atomic mass is 10.3. The summed E-state index contributed by atoms with van der Waals surface area (Å²) in [5, 5.41) is 0. The standard InChI is InChI=1S/C10H11F2NS/c11-8-3-4-10(9(12)7-8)14-6-2-1-5-13/h1-4,7H,5-6,13H2. The SMILES string of the molecule is NCC=CCSc1ccc(F)cc1F. The van der Waals surface area contributed by atoms with Crippen LogP contribution in [0.4, 0.5) is 8.78 Å². The molecule has 0 heterocycles. The average Bonchev–Trinajstić information content (AvgIpc) is 2.15. The van der Waals surface area contributed by atoms with E-state index in [0.717, 1.165) is 6.07 Å². The molecular formula is C10H11F2NS. The van der Waals surface area contributed by atoms with Crippen molar-refractivity contribution in [2.75, 3.05) is 12.3 Å². The molecule has 0 amide bonds. The van der Waals surface area contributed by atoms with E-state index in [-0.39, 0.29) is 0 Å². The second-order valence-corrected chi connectivity index (χ2v) is 3.65. The smallest absolute Gasteiger partial charge is 0.139 e. The minimum atomic E-state index is -0.552. The molecule has 0 fully saturated rings. The van der Waals surface area contributed by atoms with Gasteiger partial charge in [-0.1, -0.05) is 12.2 Å². The average molecular weight is 215 g/mol. The summed E-state index contributed by atoms with van der Waals surface area (Å²) >= 11 is 1.31. The molecule has 76 valence electrons. The fraction of sp³-hybridized carbons (Fsp3) is 0.200. The normalized spacial score (nSPS) is 11.1. The minimum Gasteiger partial charge on any atom is -0.327 e. The number of benzene rings is 1. The highest BCUT2D eigenvalue weighted by Crippen LogP contribution is 2.22. The molecule has 0 unspecified atom stereocenters. The van der Waals surface area contributed by atoms with E-state index in [0.29, 0.717) is 17.2 Å². The van der Waals surface area contributed by atoms with Gasteiger partial charge >= 0.3 is 0 Å². The van der Waals surface area contributed by atoms with Gasteiger partial charge in [0.1, 0.15) is 11.6 Å². The highest BCUT2D eigenvalue weighted by atomic mass is 32.2. The summed E-state index contributed by atoms with van der Waals surface area (Å²) in [5.41, 5.74) is 5.24. The summed E-state index contributed by atoms with van der Waals surface area (Å²) < 4.78 is 25.6. The van der Waals surface area contributed by atoms with Gasteiger partial charge in [0.05, 0.1) is 0 Å². The molecule has 0 atom stereocenters. The van der Waals surface area contributed by atoms with Gasteiger partial charge in [-0.3, -0.25) is 0 Å². The van der Waals surface area contributed by atoms with Crippen LogP contribution in [0.15, 0.2) is 35.2 Å². The van der Waals surface area contributed by atoms with E-state index in [1.165, 1.54) is 23.9 Å². The maximum Gasteiger partial charge on any atom is 0.139 e. The van der Waals surface area contributed by atoms with Crippen LogP contribution >= 0.6 is 11.8 Å². The Morgan fingerprint density at radius 1 is 1.29 bits per heavy atom. The van der Waals surface area contributed by atoms with Crippen LogP contribution < -0.4 is 5.73 Å². The third-order valence-corrected chi connectivity index (χ3v) is 2.53. The predicted molar refractivity (Wildman–Crippen MR) is 55.3 cm³/mol. The number of hydrogen-bond acceptors (Lipinski definition) is 2. The van der Waals surface area contributed by atoms with E-state index < -0.39 is 11.6 Å². The number of thioether (sulfide) groups is 1. The topological polar surface area (TPSA) is 26.0 Å². The van der Waals surface area contributed by atoms with Crippen molar-refractivity contribution >= 4 is 11.8 Å². The Bertz CT molecular complexity index is 326. The fourth-order valence-corrected chi connectivity index (χ4v) is 1.67. The molecule has 1 nitrogen and oxygen atoms in total. The van der Waals surface area contributed by atoms with Crippen molar-refractivity contribution in [3.05, 3.63) is 42.0 Å². The largest absolute Gasteiger partial charge is 0.327 e. The Hall–Kier alpha value is -0.870. The second-order valence-electron chi connectivity index (χ2n) is 2.59. The number of nitrogens with two attached hydrogens (primary N) is 1. The molecule has 0 saturated heterocycles. The lowest BCUT2D eigenvalue weighted by Gasteiger charge is -1.99. The molecule has 1 aromatic carbocycles. The Morgan fingerprint density at radius 2 is 2.07 bits per heavy atom. The van der Waals surface area contributed by atoms with Crippen molar-refractivity contribution in [1.29, 1.82) is 0 Å². The zero-order valence-corrected chi connectivity index (χ0v) is 8.36. The summed E-state index contributed by atoms with van der Waals surface area (Å²) in [6.45, 7) is 0.479. The first-order valence-corrected chi connectivity index (χ1v) is 5.15. The first-order chi connectivity index (χ1) is 6.74. The Morgan fingerprint density at radius 3 is 2.71 bits per heavy atom. The summed E-state index contributed by atoms with van der Waals surface area (Å²) in [6, 6.07) is 3.57. The molecular weight excluding hydrogens is 204 g/mol. The zero-order valence-electron chi connectivity index (χ0n) is 7.54. The first kappa shape index (κ1) is 11.2. The van der Waals surface area contributed by atoms with Gasteiger partial charge in [0.25, 0.3) is 0 Å². The van der Waals surface area contributed by atoms with Gasteiger partial charge in [-0.15, -0.1) is 11.8 Å². The van der Waals surface area contributed by atoms with Crippen LogP contribution in [0.3, 0.4) is 0 Å². The van der Waals surface area contributed by atoms with E-state index in [4.69, 9.17) is 5.73 Å². The molecule has 0 aromatic heterocycles. The van der Waals surface area contributed by atoms with Crippen molar-refractivity contribution in [3.8, 4) is 0 Å². The van der Waals surface area contributed by atoms with Gasteiger partial charge < -0.3 is 5.73 Å². The van der Waals surface area contributed by atoms with Crippen molar-refractivity contribution in [2.24, 2.45) is 5.73 Å². The Kier molecular flexibility index (Phi) is 4.62. The minimum absolute atomic E-state index is 0.452. The van der Waals surface area contributed by atoms with Crippen LogP contribution in [0, 0.1) is 11.6 Å². The number of hydrogen-bond donors (Lipinski definition) is 1. The molecule has 0 aliphatic carbocycles. The molecule has 2 N–H and O–H groups in total. The monoisotopic (exact) mass is 215 g/mol. The maximum atomic E-state index is 13.1. The van der Waals surface area contributed by atoms with Crippen LogP contribution in [0.5, 0.6) is 0 Å². The highest BCUT2D eigenvalue weighted by Gasteiger charge is 2.02. The zero-order chi connectivity index (χ0) is 10.4. The molecule has 4 heteroatoms. The summed E-state index contributed by atoms with van der Waals surface area (Å²) in [6.07, 6.45) is 3.65. The Balaban J connectivity index is 2.55. The van der Waals surface area contributed by atoms with Gasteiger partial charge in [0.15, 0.2) is 0 Å². The van der Waals surface area contributed by atoms with E-state index >= 15 is 0 Å². The van der Waals surface area contributed by atoms with Crippen LogP contribution in [0.25, 0.3) is 0 Å². The van der Waals surface area contributed by atoms with E-state index in [2.05, 4.69) is 0 Å². The van der Waals surface area contributed by atoms with Gasteiger partial charge in [0.2, 0.25) is 0 Å². The third-order valence-electron chi connectivity index (χ3n) is 1.53. The van der Waals surface area contributed by atoms with Crippen molar-refractivity contribution in [1.82, 2.24) is 0 Å². The fourth-order valence-electron chi connectivity index (χ4n) is 0.894. The molecule has 0 radical (unpaired) electrons. The van der Waals surface area contributed by atoms with Gasteiger partial charge in [0, 0.05) is 23.3 Å². The molecule has 1 aromatic rings. The van der Waals surface area contributed by atoms with E-state index in [1.807, 2.05) is 6.08 Å². The van der Waals surface area contributed by atoms with Gasteiger partial charge in [-0.2, -0.15) is 0 Å². The number of rotatable bonds is 4. The third kappa shape index (κ3) is 3.47. The highest BCUT2D eigenvalue weighted by molar-refractivity contribution is 7.99. The van der Waals surface area contributed by atoms with Crippen LogP contribution in [-0.2, 0) is 0 Å². The van der Waals surface area contributed by atoms with Gasteiger partial charge in [-0.25, -0.2) is 8.78 Å². The predicted octanol–water partition coefficient (Wildman–Crippen LogP) is 2.57. The summed E-state index contributed by atoms with van der Waals surface area (Å²) in [7, 11) is 0. The molecule has 0 aliphatic rings. The maximum absolute atomic E-state index is 13.1. The van der Waals surface area contributed by atoms with Crippen molar-refractivity contribution in [3.63, 3.8) is 0 Å². The molecule has 0 spiro atoms. The van der Waals surface area contributed by atoms with Crippen LogP contribution in [0.1, 0.15) is 0 Å². The molecule has 0 bridgehead atoms. The van der Waals surface area contributed by atoms with Crippen molar-refractivity contribution in [2.45, 2.75) is 4.90 Å². The molecule has 14 heavy (non-hydrogen) atoms. The summed E-state index contributed by atoms with van der Waals surface area (Å²) in [5.74, 6) is -0.430. The molecule has 1 rings (SSSR count). The lowest BCUT2D eigenvalue weighted by molar-refractivity contribution is 0.566. The number of halogens is 2. The van der Waals surface area contributed by atoms with Crippen LogP contribution in [0.2, 0.25) is 0 Å². The lowest BCUT2D eigenvalue weighted by Crippen LogP contribution is -1.92. The van der Waals surface area contributed by atoms with E-state index in [1.54, 1.807) is 6.08 Å². The second kappa shape index (κ2) is 5.78. The Labute approximate surface area is 86.0 Å². The quantitative estimate of drug-likeness (QED) is 0.617. The van der Waals surface area contributed by atoms with Crippen molar-refractivity contribution < 1.29 is 8.78 Å². The summed E-state index contributed by atoms with van der Waals surface area (Å²) in [4.78, 5) is 0.452. The van der Waals surface area contributed by atoms with Crippen LogP contribution in [-0.4, -0.2) is 12.3 Å². The molecule has 0 saturated carbocycles.